The Bertz CT molecular complexity index is 564. The SMILES string of the molecule is COc1ccccc1-c1nccn1C1CCN(C)C1. The first-order valence-electron chi connectivity index (χ1n) is 6.64. The number of methoxy groups -OCH3 is 1. The third kappa shape index (κ3) is 2.24. The number of likely N-dealkylation sites (tertiary alicyclic amines) is 1. The molecule has 2 heterocycles. The van der Waals surface area contributed by atoms with Gasteiger partial charge in [0.2, 0.25) is 0 Å². The normalized spacial score (nSPS) is 19.8. The van der Waals surface area contributed by atoms with Gasteiger partial charge in [0.25, 0.3) is 0 Å². The minimum atomic E-state index is 0.507. The largest absolute Gasteiger partial charge is 0.496 e. The summed E-state index contributed by atoms with van der Waals surface area (Å²) in [7, 11) is 3.87. The van der Waals surface area contributed by atoms with Crippen molar-refractivity contribution in [1.82, 2.24) is 14.5 Å². The Labute approximate surface area is 113 Å². The van der Waals surface area contributed by atoms with Crippen LogP contribution < -0.4 is 4.74 Å². The molecule has 4 nitrogen and oxygen atoms in total. The van der Waals surface area contributed by atoms with E-state index in [1.54, 1.807) is 7.11 Å². The summed E-state index contributed by atoms with van der Waals surface area (Å²) in [5.74, 6) is 1.87. The van der Waals surface area contributed by atoms with Crippen molar-refractivity contribution < 1.29 is 4.74 Å². The van der Waals surface area contributed by atoms with Crippen molar-refractivity contribution in [2.75, 3.05) is 27.2 Å². The van der Waals surface area contributed by atoms with Crippen LogP contribution in [0.3, 0.4) is 0 Å². The van der Waals surface area contributed by atoms with E-state index in [0.717, 1.165) is 30.2 Å². The smallest absolute Gasteiger partial charge is 0.143 e. The molecular formula is C15H19N3O. The van der Waals surface area contributed by atoms with Gasteiger partial charge in [-0.25, -0.2) is 4.98 Å². The Hall–Kier alpha value is -1.81. The van der Waals surface area contributed by atoms with Crippen molar-refractivity contribution in [3.63, 3.8) is 0 Å². The van der Waals surface area contributed by atoms with E-state index in [2.05, 4.69) is 33.8 Å². The van der Waals surface area contributed by atoms with Crippen LogP contribution in [-0.2, 0) is 0 Å². The average Bonchev–Trinajstić information content (AvgIpc) is 3.06. The topological polar surface area (TPSA) is 30.3 Å². The molecule has 1 unspecified atom stereocenters. The molecule has 1 aliphatic rings. The zero-order valence-electron chi connectivity index (χ0n) is 11.4. The standard InChI is InChI=1S/C15H19N3O/c1-17-9-7-12(11-17)18-10-8-16-15(18)13-5-3-4-6-14(13)19-2/h3-6,8,10,12H,7,9,11H2,1-2H3. The fourth-order valence-electron chi connectivity index (χ4n) is 2.78. The van der Waals surface area contributed by atoms with E-state index in [1.807, 2.05) is 24.4 Å². The van der Waals surface area contributed by atoms with Gasteiger partial charge in [-0.3, -0.25) is 0 Å². The van der Waals surface area contributed by atoms with Gasteiger partial charge in [0, 0.05) is 25.0 Å². The molecular weight excluding hydrogens is 238 g/mol. The lowest BCUT2D eigenvalue weighted by molar-refractivity contribution is 0.392. The summed E-state index contributed by atoms with van der Waals surface area (Å²) in [4.78, 5) is 6.89. The molecule has 0 spiro atoms. The van der Waals surface area contributed by atoms with E-state index in [9.17, 15) is 0 Å². The third-order valence-corrected chi connectivity index (χ3v) is 3.78. The molecule has 0 amide bonds. The van der Waals surface area contributed by atoms with E-state index >= 15 is 0 Å². The van der Waals surface area contributed by atoms with Gasteiger partial charge in [0.1, 0.15) is 11.6 Å². The van der Waals surface area contributed by atoms with Gasteiger partial charge in [0.15, 0.2) is 0 Å². The van der Waals surface area contributed by atoms with Gasteiger partial charge in [-0.1, -0.05) is 12.1 Å². The lowest BCUT2D eigenvalue weighted by Gasteiger charge is -2.16. The van der Waals surface area contributed by atoms with E-state index in [-0.39, 0.29) is 0 Å². The van der Waals surface area contributed by atoms with Gasteiger partial charge < -0.3 is 14.2 Å². The fourth-order valence-corrected chi connectivity index (χ4v) is 2.78. The predicted octanol–water partition coefficient (Wildman–Crippen LogP) is 2.44. The second-order valence-electron chi connectivity index (χ2n) is 5.06. The second kappa shape index (κ2) is 5.05. The summed E-state index contributed by atoms with van der Waals surface area (Å²) >= 11 is 0. The van der Waals surface area contributed by atoms with E-state index in [1.165, 1.54) is 6.42 Å². The van der Waals surface area contributed by atoms with Crippen LogP contribution in [0.2, 0.25) is 0 Å². The molecule has 100 valence electrons. The fraction of sp³-hybridized carbons (Fsp3) is 0.400. The highest BCUT2D eigenvalue weighted by Gasteiger charge is 2.24. The first kappa shape index (κ1) is 12.2. The summed E-state index contributed by atoms with van der Waals surface area (Å²) in [6.07, 6.45) is 5.13. The summed E-state index contributed by atoms with van der Waals surface area (Å²) in [5, 5.41) is 0. The second-order valence-corrected chi connectivity index (χ2v) is 5.06. The highest BCUT2D eigenvalue weighted by Crippen LogP contribution is 2.32. The molecule has 2 aromatic rings. The molecule has 1 aliphatic heterocycles. The first-order valence-corrected chi connectivity index (χ1v) is 6.64. The maximum atomic E-state index is 5.44. The lowest BCUT2D eigenvalue weighted by atomic mass is 10.1. The van der Waals surface area contributed by atoms with Crippen LogP contribution in [0, 0.1) is 0 Å². The molecule has 0 aliphatic carbocycles. The Morgan fingerprint density at radius 1 is 1.32 bits per heavy atom. The molecule has 1 aromatic carbocycles. The quantitative estimate of drug-likeness (QED) is 0.846. The summed E-state index contributed by atoms with van der Waals surface area (Å²) < 4.78 is 7.72. The van der Waals surface area contributed by atoms with Gasteiger partial charge in [-0.05, 0) is 32.1 Å². The van der Waals surface area contributed by atoms with E-state index < -0.39 is 0 Å². The molecule has 0 saturated carbocycles. The molecule has 1 atom stereocenters. The predicted molar refractivity (Wildman–Crippen MR) is 75.4 cm³/mol. The molecule has 19 heavy (non-hydrogen) atoms. The van der Waals surface area contributed by atoms with Crippen molar-refractivity contribution in [3.05, 3.63) is 36.7 Å². The zero-order chi connectivity index (χ0) is 13.2. The van der Waals surface area contributed by atoms with Gasteiger partial charge in [0.05, 0.1) is 12.7 Å². The molecule has 3 rings (SSSR count). The Kier molecular flexibility index (Phi) is 3.25. The molecule has 1 fully saturated rings. The number of benzene rings is 1. The molecule has 0 bridgehead atoms. The van der Waals surface area contributed by atoms with Crippen molar-refractivity contribution in [2.45, 2.75) is 12.5 Å². The van der Waals surface area contributed by atoms with Gasteiger partial charge in [-0.15, -0.1) is 0 Å². The van der Waals surface area contributed by atoms with Gasteiger partial charge >= 0.3 is 0 Å². The number of hydrogen-bond donors (Lipinski definition) is 0. The van der Waals surface area contributed by atoms with Crippen LogP contribution in [-0.4, -0.2) is 41.7 Å². The summed E-state index contributed by atoms with van der Waals surface area (Å²) in [6, 6.07) is 8.56. The van der Waals surface area contributed by atoms with Crippen LogP contribution >= 0.6 is 0 Å². The number of imidazole rings is 1. The Morgan fingerprint density at radius 3 is 2.89 bits per heavy atom. The number of rotatable bonds is 3. The maximum absolute atomic E-state index is 5.44. The first-order chi connectivity index (χ1) is 9.29. The van der Waals surface area contributed by atoms with E-state index in [4.69, 9.17) is 4.74 Å². The minimum absolute atomic E-state index is 0.507. The van der Waals surface area contributed by atoms with Gasteiger partial charge in [-0.2, -0.15) is 0 Å². The van der Waals surface area contributed by atoms with Crippen molar-refractivity contribution in [1.29, 1.82) is 0 Å². The molecule has 0 N–H and O–H groups in total. The van der Waals surface area contributed by atoms with Crippen molar-refractivity contribution in [3.8, 4) is 17.1 Å². The Morgan fingerprint density at radius 2 is 2.16 bits per heavy atom. The molecule has 4 heteroatoms. The summed E-state index contributed by atoms with van der Waals surface area (Å²) in [5.41, 5.74) is 1.06. The van der Waals surface area contributed by atoms with Crippen LogP contribution in [0.25, 0.3) is 11.4 Å². The highest BCUT2D eigenvalue weighted by molar-refractivity contribution is 5.64. The van der Waals surface area contributed by atoms with Crippen molar-refractivity contribution >= 4 is 0 Å². The number of nitrogens with zero attached hydrogens (tertiary/aromatic N) is 3. The van der Waals surface area contributed by atoms with E-state index in [0.29, 0.717) is 6.04 Å². The Balaban J connectivity index is 2.00. The number of hydrogen-bond acceptors (Lipinski definition) is 3. The number of ether oxygens (including phenoxy) is 1. The van der Waals surface area contributed by atoms with Crippen LogP contribution in [0.15, 0.2) is 36.7 Å². The zero-order valence-corrected chi connectivity index (χ0v) is 11.4. The monoisotopic (exact) mass is 257 g/mol. The average molecular weight is 257 g/mol. The number of aromatic nitrogens is 2. The number of para-hydroxylation sites is 1. The number of likely N-dealkylation sites (N-methyl/N-ethyl adjacent to an activating group) is 1. The van der Waals surface area contributed by atoms with Crippen molar-refractivity contribution in [2.24, 2.45) is 0 Å². The highest BCUT2D eigenvalue weighted by atomic mass is 16.5. The minimum Gasteiger partial charge on any atom is -0.496 e. The van der Waals surface area contributed by atoms with Crippen LogP contribution in [0.1, 0.15) is 12.5 Å². The third-order valence-electron chi connectivity index (χ3n) is 3.78. The lowest BCUT2D eigenvalue weighted by Crippen LogP contribution is -2.16. The van der Waals surface area contributed by atoms with Crippen LogP contribution in [0.4, 0.5) is 0 Å². The van der Waals surface area contributed by atoms with Crippen LogP contribution in [0.5, 0.6) is 5.75 Å². The maximum Gasteiger partial charge on any atom is 0.143 e. The summed E-state index contributed by atoms with van der Waals surface area (Å²) in [6.45, 7) is 2.23. The molecule has 1 saturated heterocycles. The molecule has 0 radical (unpaired) electrons. The molecule has 1 aromatic heterocycles.